The summed E-state index contributed by atoms with van der Waals surface area (Å²) in [4.78, 5) is 0. The number of rotatable bonds is 10. The van der Waals surface area contributed by atoms with E-state index < -0.39 is 0 Å². The van der Waals surface area contributed by atoms with Crippen LogP contribution in [-0.4, -0.2) is 6.61 Å². The van der Waals surface area contributed by atoms with Crippen molar-refractivity contribution < 1.29 is 4.74 Å². The third-order valence-corrected chi connectivity index (χ3v) is 2.44. The second-order valence-corrected chi connectivity index (χ2v) is 3.70. The molecule has 0 radical (unpaired) electrons. The van der Waals surface area contributed by atoms with Crippen molar-refractivity contribution >= 4 is 0 Å². The molecular weight excluding hydrogens is 172 g/mol. The molecule has 82 valence electrons. The summed E-state index contributed by atoms with van der Waals surface area (Å²) in [6.07, 6.45) is 11.4. The maximum Gasteiger partial charge on any atom is 0.0935 e. The Morgan fingerprint density at radius 1 is 1.14 bits per heavy atom. The summed E-state index contributed by atoms with van der Waals surface area (Å²) in [5.74, 6) is 0.495. The van der Waals surface area contributed by atoms with Gasteiger partial charge in [0.05, 0.1) is 12.9 Å². The van der Waals surface area contributed by atoms with Crippen molar-refractivity contribution in [3.8, 4) is 0 Å². The number of hydrogen-bond acceptors (Lipinski definition) is 1. The molecule has 1 unspecified atom stereocenters. The fourth-order valence-corrected chi connectivity index (χ4v) is 1.47. The third kappa shape index (κ3) is 7.90. The summed E-state index contributed by atoms with van der Waals surface area (Å²) < 4.78 is 5.16. The maximum atomic E-state index is 5.16. The van der Waals surface area contributed by atoms with Gasteiger partial charge in [0.15, 0.2) is 0 Å². The number of ether oxygens (including phenoxy) is 1. The molecule has 0 aromatic carbocycles. The van der Waals surface area contributed by atoms with Gasteiger partial charge in [0.25, 0.3) is 0 Å². The van der Waals surface area contributed by atoms with Gasteiger partial charge < -0.3 is 4.74 Å². The average molecular weight is 196 g/mol. The van der Waals surface area contributed by atoms with Crippen LogP contribution in [0.25, 0.3) is 0 Å². The number of hydrogen-bond donors (Lipinski definition) is 0. The van der Waals surface area contributed by atoms with E-state index in [0.717, 1.165) is 6.61 Å². The monoisotopic (exact) mass is 196 g/mol. The fraction of sp³-hybridized carbons (Fsp3) is 0.692. The molecule has 0 aromatic heterocycles. The Morgan fingerprint density at radius 3 is 2.43 bits per heavy atom. The maximum absolute atomic E-state index is 5.16. The van der Waals surface area contributed by atoms with E-state index in [2.05, 4.69) is 20.1 Å². The van der Waals surface area contributed by atoms with Gasteiger partial charge in [-0.3, -0.25) is 0 Å². The Kier molecular flexibility index (Phi) is 9.83. The fourth-order valence-electron chi connectivity index (χ4n) is 1.47. The van der Waals surface area contributed by atoms with Crippen molar-refractivity contribution in [1.29, 1.82) is 0 Å². The van der Waals surface area contributed by atoms with Crippen LogP contribution in [0, 0.1) is 5.92 Å². The van der Waals surface area contributed by atoms with Gasteiger partial charge in [0.2, 0.25) is 0 Å². The Hall–Kier alpha value is -0.720. The normalized spacial score (nSPS) is 12.1. The molecule has 0 bridgehead atoms. The van der Waals surface area contributed by atoms with Crippen molar-refractivity contribution in [3.63, 3.8) is 0 Å². The average Bonchev–Trinajstić information content (AvgIpc) is 2.22. The minimum atomic E-state index is 0.495. The van der Waals surface area contributed by atoms with Crippen LogP contribution in [0.1, 0.15) is 45.4 Å². The Bertz CT molecular complexity index is 140. The quantitative estimate of drug-likeness (QED) is 0.287. The molecule has 14 heavy (non-hydrogen) atoms. The van der Waals surface area contributed by atoms with Crippen LogP contribution in [0.5, 0.6) is 0 Å². The Morgan fingerprint density at radius 2 is 1.86 bits per heavy atom. The van der Waals surface area contributed by atoms with Gasteiger partial charge in [0.1, 0.15) is 0 Å². The lowest BCUT2D eigenvalue weighted by molar-refractivity contribution is 0.209. The van der Waals surface area contributed by atoms with Crippen LogP contribution >= 0.6 is 0 Å². The number of unbranched alkanes of at least 4 members (excludes halogenated alkanes) is 4. The molecule has 0 fully saturated rings. The first-order chi connectivity index (χ1) is 6.85. The SMILES string of the molecule is C=COCC(C=C)CCCCCCC. The highest BCUT2D eigenvalue weighted by atomic mass is 16.5. The molecule has 0 aliphatic rings. The van der Waals surface area contributed by atoms with Crippen molar-refractivity contribution in [1.82, 2.24) is 0 Å². The molecule has 0 spiro atoms. The predicted molar refractivity (Wildman–Crippen MR) is 63.2 cm³/mol. The molecule has 1 heteroatoms. The third-order valence-electron chi connectivity index (χ3n) is 2.44. The van der Waals surface area contributed by atoms with Crippen LogP contribution in [0.2, 0.25) is 0 Å². The molecule has 0 saturated heterocycles. The molecule has 0 saturated carbocycles. The summed E-state index contributed by atoms with van der Waals surface area (Å²) in [6.45, 7) is 10.3. The van der Waals surface area contributed by atoms with Crippen LogP contribution in [-0.2, 0) is 4.74 Å². The highest BCUT2D eigenvalue weighted by molar-refractivity contribution is 4.79. The highest BCUT2D eigenvalue weighted by Crippen LogP contribution is 2.13. The smallest absolute Gasteiger partial charge is 0.0935 e. The lowest BCUT2D eigenvalue weighted by Crippen LogP contribution is -2.04. The Balaban J connectivity index is 3.32. The lowest BCUT2D eigenvalue weighted by Gasteiger charge is -2.11. The zero-order valence-corrected chi connectivity index (χ0v) is 9.50. The van der Waals surface area contributed by atoms with Gasteiger partial charge in [-0.15, -0.1) is 6.58 Å². The summed E-state index contributed by atoms with van der Waals surface area (Å²) in [7, 11) is 0. The van der Waals surface area contributed by atoms with E-state index in [-0.39, 0.29) is 0 Å². The first-order valence-electron chi connectivity index (χ1n) is 5.70. The molecule has 0 N–H and O–H groups in total. The van der Waals surface area contributed by atoms with Gasteiger partial charge in [-0.1, -0.05) is 51.7 Å². The minimum absolute atomic E-state index is 0.495. The van der Waals surface area contributed by atoms with E-state index in [4.69, 9.17) is 4.74 Å². The van der Waals surface area contributed by atoms with Gasteiger partial charge in [0, 0.05) is 5.92 Å². The predicted octanol–water partition coefficient (Wildman–Crippen LogP) is 4.31. The molecular formula is C13H24O. The molecule has 1 nitrogen and oxygen atoms in total. The van der Waals surface area contributed by atoms with Crippen molar-refractivity contribution in [2.24, 2.45) is 5.92 Å². The molecule has 0 aromatic rings. The van der Waals surface area contributed by atoms with E-state index in [1.807, 2.05) is 6.08 Å². The van der Waals surface area contributed by atoms with E-state index in [1.54, 1.807) is 0 Å². The second kappa shape index (κ2) is 10.4. The molecule has 1 atom stereocenters. The van der Waals surface area contributed by atoms with Crippen molar-refractivity contribution in [2.75, 3.05) is 6.61 Å². The van der Waals surface area contributed by atoms with E-state index in [9.17, 15) is 0 Å². The summed E-state index contributed by atoms with van der Waals surface area (Å²) in [5, 5.41) is 0. The standard InChI is InChI=1S/C13H24O/c1-4-7-8-9-10-11-13(5-2)12-14-6-3/h5-6,13H,2-4,7-12H2,1H3. The van der Waals surface area contributed by atoms with Crippen LogP contribution in [0.15, 0.2) is 25.5 Å². The molecule has 0 amide bonds. The van der Waals surface area contributed by atoms with E-state index >= 15 is 0 Å². The Labute approximate surface area is 88.9 Å². The summed E-state index contributed by atoms with van der Waals surface area (Å²) >= 11 is 0. The summed E-state index contributed by atoms with van der Waals surface area (Å²) in [5.41, 5.74) is 0. The molecule has 0 aliphatic heterocycles. The molecule has 0 heterocycles. The van der Waals surface area contributed by atoms with E-state index in [0.29, 0.717) is 5.92 Å². The first kappa shape index (κ1) is 13.3. The highest BCUT2D eigenvalue weighted by Gasteiger charge is 2.03. The van der Waals surface area contributed by atoms with Gasteiger partial charge in [-0.25, -0.2) is 0 Å². The molecule has 0 rings (SSSR count). The second-order valence-electron chi connectivity index (χ2n) is 3.70. The lowest BCUT2D eigenvalue weighted by atomic mass is 10.0. The van der Waals surface area contributed by atoms with Crippen LogP contribution < -0.4 is 0 Å². The largest absolute Gasteiger partial charge is 0.501 e. The topological polar surface area (TPSA) is 9.23 Å². The first-order valence-corrected chi connectivity index (χ1v) is 5.70. The van der Waals surface area contributed by atoms with Crippen LogP contribution in [0.3, 0.4) is 0 Å². The van der Waals surface area contributed by atoms with Gasteiger partial charge in [-0.05, 0) is 6.42 Å². The summed E-state index contributed by atoms with van der Waals surface area (Å²) in [6, 6.07) is 0. The zero-order chi connectivity index (χ0) is 10.6. The molecule has 0 aliphatic carbocycles. The van der Waals surface area contributed by atoms with Crippen molar-refractivity contribution in [3.05, 3.63) is 25.5 Å². The van der Waals surface area contributed by atoms with Crippen molar-refractivity contribution in [2.45, 2.75) is 45.4 Å². The zero-order valence-electron chi connectivity index (χ0n) is 9.50. The van der Waals surface area contributed by atoms with E-state index in [1.165, 1.54) is 44.8 Å². The van der Waals surface area contributed by atoms with Crippen LogP contribution in [0.4, 0.5) is 0 Å². The minimum Gasteiger partial charge on any atom is -0.501 e. The van der Waals surface area contributed by atoms with Gasteiger partial charge in [-0.2, -0.15) is 0 Å². The van der Waals surface area contributed by atoms with Gasteiger partial charge >= 0.3 is 0 Å².